The number of fused-ring (bicyclic) bond motifs is 3. The Balaban J connectivity index is 2.04. The zero-order valence-corrected chi connectivity index (χ0v) is 12.6. The summed E-state index contributed by atoms with van der Waals surface area (Å²) in [4.78, 5) is 17.1. The van der Waals surface area contributed by atoms with Gasteiger partial charge in [0, 0.05) is 27.5 Å². The molecule has 2 aromatic heterocycles. The van der Waals surface area contributed by atoms with Crippen molar-refractivity contribution in [2.24, 2.45) is 0 Å². The molecule has 0 aliphatic rings. The van der Waals surface area contributed by atoms with Gasteiger partial charge in [-0.1, -0.05) is 6.07 Å². The van der Waals surface area contributed by atoms with Crippen LogP contribution >= 0.6 is 22.7 Å². The van der Waals surface area contributed by atoms with Crippen LogP contribution in [-0.4, -0.2) is 26.4 Å². The van der Waals surface area contributed by atoms with Gasteiger partial charge in [0.2, 0.25) is 6.54 Å². The molecule has 0 atom stereocenters. The molecule has 2 heterocycles. The summed E-state index contributed by atoms with van der Waals surface area (Å²) < 4.78 is 3.60. The highest BCUT2D eigenvalue weighted by Crippen LogP contribution is 2.40. The number of nitrogens with zero attached hydrogens (tertiary/aromatic N) is 2. The van der Waals surface area contributed by atoms with Crippen LogP contribution in [0.15, 0.2) is 24.3 Å². The lowest BCUT2D eigenvalue weighted by atomic mass is 10.2. The predicted octanol–water partition coefficient (Wildman–Crippen LogP) is 4.28. The molecule has 0 saturated carbocycles. The number of hydrogen-bond donors (Lipinski definition) is 0. The standard InChI is InChI=1S/C15H12N2OS2/c1-16-5-6-17(2)10-3-4-12-13(7-10)20-14-8-11(9-18)19-15(12)14/h3-4,7-9H,5-6H2,2H3. The first-order valence-electron chi connectivity index (χ1n) is 6.18. The van der Waals surface area contributed by atoms with E-state index in [9.17, 15) is 4.79 Å². The minimum atomic E-state index is 0.511. The maximum atomic E-state index is 10.8. The second-order valence-electron chi connectivity index (χ2n) is 4.55. The van der Waals surface area contributed by atoms with Gasteiger partial charge in [-0.3, -0.25) is 4.79 Å². The first kappa shape index (κ1) is 13.1. The quantitative estimate of drug-likeness (QED) is 0.530. The maximum absolute atomic E-state index is 10.8. The first-order chi connectivity index (χ1) is 9.72. The number of likely N-dealkylation sites (N-methyl/N-ethyl adjacent to an activating group) is 1. The molecular formula is C15H12N2OS2. The van der Waals surface area contributed by atoms with Gasteiger partial charge in [-0.15, -0.1) is 22.7 Å². The van der Waals surface area contributed by atoms with Crippen LogP contribution in [0.3, 0.4) is 0 Å². The lowest BCUT2D eigenvalue weighted by Crippen LogP contribution is -2.19. The maximum Gasteiger partial charge on any atom is 0.231 e. The van der Waals surface area contributed by atoms with Gasteiger partial charge in [0.15, 0.2) is 6.29 Å². The molecule has 0 aliphatic carbocycles. The largest absolute Gasteiger partial charge is 0.367 e. The molecule has 0 aliphatic heterocycles. The average Bonchev–Trinajstić information content (AvgIpc) is 3.00. The van der Waals surface area contributed by atoms with Gasteiger partial charge < -0.3 is 9.74 Å². The van der Waals surface area contributed by atoms with Crippen LogP contribution in [0, 0.1) is 6.57 Å². The molecule has 0 amide bonds. The fourth-order valence-corrected chi connectivity index (χ4v) is 4.56. The molecule has 3 nitrogen and oxygen atoms in total. The third-order valence-electron chi connectivity index (χ3n) is 3.25. The Hall–Kier alpha value is -1.90. The van der Waals surface area contributed by atoms with Gasteiger partial charge in [0.05, 0.1) is 16.1 Å². The molecule has 3 aromatic rings. The van der Waals surface area contributed by atoms with Gasteiger partial charge in [0.1, 0.15) is 0 Å². The zero-order chi connectivity index (χ0) is 14.1. The van der Waals surface area contributed by atoms with E-state index >= 15 is 0 Å². The summed E-state index contributed by atoms with van der Waals surface area (Å²) in [7, 11) is 2.01. The summed E-state index contributed by atoms with van der Waals surface area (Å²) in [5.41, 5.74) is 1.13. The van der Waals surface area contributed by atoms with E-state index in [1.165, 1.54) is 19.5 Å². The molecule has 0 radical (unpaired) electrons. The average molecular weight is 300 g/mol. The number of hydrogen-bond acceptors (Lipinski definition) is 4. The Morgan fingerprint density at radius 3 is 2.90 bits per heavy atom. The van der Waals surface area contributed by atoms with Gasteiger partial charge in [0.25, 0.3) is 0 Å². The topological polar surface area (TPSA) is 24.7 Å². The van der Waals surface area contributed by atoms with Gasteiger partial charge in [-0.2, -0.15) is 0 Å². The van der Waals surface area contributed by atoms with E-state index in [1.54, 1.807) is 22.7 Å². The Morgan fingerprint density at radius 1 is 1.30 bits per heavy atom. The van der Waals surface area contributed by atoms with Crippen molar-refractivity contribution in [2.45, 2.75) is 0 Å². The van der Waals surface area contributed by atoms with Crippen molar-refractivity contribution >= 4 is 54.1 Å². The highest BCUT2D eigenvalue weighted by molar-refractivity contribution is 7.33. The molecule has 0 saturated heterocycles. The number of benzene rings is 1. The van der Waals surface area contributed by atoms with Crippen LogP contribution in [0.25, 0.3) is 24.3 Å². The van der Waals surface area contributed by atoms with E-state index in [1.807, 2.05) is 13.1 Å². The molecule has 0 unspecified atom stereocenters. The van der Waals surface area contributed by atoms with Crippen LogP contribution in [0.1, 0.15) is 9.67 Å². The number of carbonyl (C=O) groups is 1. The Morgan fingerprint density at radius 2 is 2.15 bits per heavy atom. The zero-order valence-electron chi connectivity index (χ0n) is 10.9. The first-order valence-corrected chi connectivity index (χ1v) is 7.82. The van der Waals surface area contributed by atoms with E-state index < -0.39 is 0 Å². The lowest BCUT2D eigenvalue weighted by Gasteiger charge is -2.16. The molecule has 5 heteroatoms. The molecule has 1 aromatic carbocycles. The van der Waals surface area contributed by atoms with E-state index in [4.69, 9.17) is 6.57 Å². The highest BCUT2D eigenvalue weighted by Gasteiger charge is 2.11. The molecule has 0 bridgehead atoms. The van der Waals surface area contributed by atoms with Crippen LogP contribution in [0.5, 0.6) is 0 Å². The van der Waals surface area contributed by atoms with Crippen molar-refractivity contribution in [3.63, 3.8) is 0 Å². The summed E-state index contributed by atoms with van der Waals surface area (Å²) in [6.07, 6.45) is 0.912. The van der Waals surface area contributed by atoms with Gasteiger partial charge >= 0.3 is 0 Å². The molecule has 0 fully saturated rings. The van der Waals surface area contributed by atoms with Crippen molar-refractivity contribution in [1.29, 1.82) is 0 Å². The molecule has 3 rings (SSSR count). The normalized spacial score (nSPS) is 10.8. The van der Waals surface area contributed by atoms with Gasteiger partial charge in [-0.05, 0) is 18.2 Å². The second kappa shape index (κ2) is 5.23. The lowest BCUT2D eigenvalue weighted by molar-refractivity contribution is 0.112. The van der Waals surface area contributed by atoms with Gasteiger partial charge in [-0.25, -0.2) is 6.57 Å². The van der Waals surface area contributed by atoms with Crippen LogP contribution in [0.4, 0.5) is 5.69 Å². The van der Waals surface area contributed by atoms with Crippen molar-refractivity contribution in [2.75, 3.05) is 25.0 Å². The smallest absolute Gasteiger partial charge is 0.231 e. The summed E-state index contributed by atoms with van der Waals surface area (Å²) in [5, 5.41) is 1.21. The van der Waals surface area contributed by atoms with Crippen LogP contribution in [0.2, 0.25) is 0 Å². The summed E-state index contributed by atoms with van der Waals surface area (Å²) in [6.45, 7) is 8.10. The van der Waals surface area contributed by atoms with E-state index in [-0.39, 0.29) is 0 Å². The van der Waals surface area contributed by atoms with Crippen molar-refractivity contribution in [3.8, 4) is 0 Å². The fraction of sp³-hybridized carbons (Fsp3) is 0.200. The number of carbonyl (C=O) groups excluding carboxylic acids is 1. The molecular weight excluding hydrogens is 288 g/mol. The Labute approximate surface area is 124 Å². The van der Waals surface area contributed by atoms with Crippen molar-refractivity contribution < 1.29 is 4.79 Å². The minimum Gasteiger partial charge on any atom is -0.367 e. The van der Waals surface area contributed by atoms with E-state index in [0.29, 0.717) is 6.54 Å². The SMILES string of the molecule is [C-]#[N+]CCN(C)c1ccc2c(c1)sc1cc(C=O)sc12. The fourth-order valence-electron chi connectivity index (χ4n) is 2.18. The van der Waals surface area contributed by atoms with E-state index in [2.05, 4.69) is 27.9 Å². The monoisotopic (exact) mass is 300 g/mol. The molecule has 0 spiro atoms. The molecule has 100 valence electrons. The summed E-state index contributed by atoms with van der Waals surface area (Å²) in [5.74, 6) is 0. The summed E-state index contributed by atoms with van der Waals surface area (Å²) >= 11 is 3.27. The predicted molar refractivity (Wildman–Crippen MR) is 87.3 cm³/mol. The second-order valence-corrected chi connectivity index (χ2v) is 6.71. The van der Waals surface area contributed by atoms with Crippen molar-refractivity contribution in [3.05, 3.63) is 40.6 Å². The van der Waals surface area contributed by atoms with Crippen LogP contribution < -0.4 is 4.90 Å². The number of anilines is 1. The minimum absolute atomic E-state index is 0.511. The summed E-state index contributed by atoms with van der Waals surface area (Å²) in [6, 6.07) is 8.32. The third-order valence-corrected chi connectivity index (χ3v) is 5.57. The van der Waals surface area contributed by atoms with E-state index in [0.717, 1.165) is 23.4 Å². The number of rotatable bonds is 4. The number of thiophene rings is 2. The number of aldehydes is 1. The Kier molecular flexibility index (Phi) is 3.43. The molecule has 0 N–H and O–H groups in total. The van der Waals surface area contributed by atoms with Crippen LogP contribution in [-0.2, 0) is 0 Å². The Bertz CT molecular complexity index is 825. The highest BCUT2D eigenvalue weighted by atomic mass is 32.1. The third kappa shape index (κ3) is 2.17. The molecule has 20 heavy (non-hydrogen) atoms. The van der Waals surface area contributed by atoms with Crippen molar-refractivity contribution in [1.82, 2.24) is 0 Å².